The molecule has 0 N–H and O–H groups in total. The predicted octanol–water partition coefficient (Wildman–Crippen LogP) is 1.89. The summed E-state index contributed by atoms with van der Waals surface area (Å²) >= 11 is 0. The molecule has 84 valence electrons. The largest absolute Gasteiger partial charge is 0.298 e. The molecule has 0 saturated heterocycles. The average molecular weight is 228 g/mol. The van der Waals surface area contributed by atoms with Crippen LogP contribution in [0.25, 0.3) is 0 Å². The number of nitrogens with zero attached hydrogens (tertiary/aromatic N) is 2. The quantitative estimate of drug-likeness (QED) is 0.581. The Labute approximate surface area is 97.9 Å². The van der Waals surface area contributed by atoms with E-state index in [-0.39, 0.29) is 5.56 Å². The van der Waals surface area contributed by atoms with Crippen molar-refractivity contribution in [2.75, 3.05) is 0 Å². The molecule has 1 heterocycles. The monoisotopic (exact) mass is 228 g/mol. The van der Waals surface area contributed by atoms with Gasteiger partial charge in [0, 0.05) is 18.0 Å². The van der Waals surface area contributed by atoms with Gasteiger partial charge in [0.25, 0.3) is 0 Å². The molecular formula is C13H9FN2O. The molecule has 0 unspecified atom stereocenters. The average Bonchev–Trinajstić information content (AvgIpc) is 2.84. The Kier molecular flexibility index (Phi) is 3.31. The van der Waals surface area contributed by atoms with Gasteiger partial charge in [0.2, 0.25) is 0 Å². The third-order valence-corrected chi connectivity index (χ3v) is 2.16. The predicted molar refractivity (Wildman–Crippen MR) is 60.9 cm³/mol. The fourth-order valence-corrected chi connectivity index (χ4v) is 1.33. The molecule has 0 radical (unpaired) electrons. The van der Waals surface area contributed by atoms with E-state index in [0.717, 1.165) is 0 Å². The van der Waals surface area contributed by atoms with Crippen LogP contribution in [0.3, 0.4) is 0 Å². The summed E-state index contributed by atoms with van der Waals surface area (Å²) in [6, 6.07) is 6.02. The summed E-state index contributed by atoms with van der Waals surface area (Å²) in [6.07, 6.45) is 3.95. The number of benzene rings is 1. The maximum Gasteiger partial charge on any atom is 0.153 e. The molecule has 0 fully saturated rings. The summed E-state index contributed by atoms with van der Waals surface area (Å²) < 4.78 is 14.7. The van der Waals surface area contributed by atoms with Crippen LogP contribution in [0, 0.1) is 17.7 Å². The Morgan fingerprint density at radius 2 is 2.35 bits per heavy atom. The second-order valence-corrected chi connectivity index (χ2v) is 3.36. The summed E-state index contributed by atoms with van der Waals surface area (Å²) in [7, 11) is 0. The smallest absolute Gasteiger partial charge is 0.153 e. The van der Waals surface area contributed by atoms with Gasteiger partial charge in [-0.15, -0.1) is 0 Å². The fraction of sp³-hybridized carbons (Fsp3) is 0.0769. The first-order valence-corrected chi connectivity index (χ1v) is 5.00. The lowest BCUT2D eigenvalue weighted by Gasteiger charge is -1.95. The van der Waals surface area contributed by atoms with Crippen LogP contribution in [-0.2, 0) is 6.54 Å². The highest BCUT2D eigenvalue weighted by molar-refractivity contribution is 5.76. The molecule has 2 aromatic rings. The summed E-state index contributed by atoms with van der Waals surface area (Å²) in [6.45, 7) is 0.459. The van der Waals surface area contributed by atoms with Crippen LogP contribution in [0.4, 0.5) is 4.39 Å². The molecule has 1 aromatic heterocycles. The van der Waals surface area contributed by atoms with E-state index in [9.17, 15) is 9.18 Å². The van der Waals surface area contributed by atoms with Gasteiger partial charge in [0.15, 0.2) is 6.29 Å². The topological polar surface area (TPSA) is 34.9 Å². The van der Waals surface area contributed by atoms with Gasteiger partial charge in [-0.2, -0.15) is 5.10 Å². The molecule has 0 spiro atoms. The zero-order valence-corrected chi connectivity index (χ0v) is 8.93. The Hall–Kier alpha value is -2.41. The van der Waals surface area contributed by atoms with Crippen molar-refractivity contribution < 1.29 is 9.18 Å². The second kappa shape index (κ2) is 5.08. The highest BCUT2D eigenvalue weighted by Crippen LogP contribution is 2.07. The van der Waals surface area contributed by atoms with Crippen LogP contribution in [0.5, 0.6) is 0 Å². The van der Waals surface area contributed by atoms with Crippen molar-refractivity contribution in [2.45, 2.75) is 6.54 Å². The fourth-order valence-electron chi connectivity index (χ4n) is 1.33. The number of carbonyl (C=O) groups excluding carboxylic acids is 1. The van der Waals surface area contributed by atoms with Gasteiger partial charge in [-0.3, -0.25) is 9.48 Å². The normalized spacial score (nSPS) is 9.47. The van der Waals surface area contributed by atoms with E-state index < -0.39 is 5.82 Å². The van der Waals surface area contributed by atoms with Crippen molar-refractivity contribution >= 4 is 6.29 Å². The number of carbonyl (C=O) groups is 1. The molecule has 4 heteroatoms. The third-order valence-electron chi connectivity index (χ3n) is 2.16. The van der Waals surface area contributed by atoms with E-state index in [2.05, 4.69) is 16.9 Å². The molecule has 0 atom stereocenters. The summed E-state index contributed by atoms with van der Waals surface area (Å²) in [4.78, 5) is 10.5. The maximum absolute atomic E-state index is 13.0. The zero-order valence-electron chi connectivity index (χ0n) is 8.93. The molecule has 0 aliphatic rings. The first-order valence-electron chi connectivity index (χ1n) is 5.00. The highest BCUT2D eigenvalue weighted by atomic mass is 19.1. The SMILES string of the molecule is O=Cc1cc(C#CCn2cccn2)ccc1F. The number of aromatic nitrogens is 2. The van der Waals surface area contributed by atoms with Gasteiger partial charge in [0.05, 0.1) is 5.56 Å². The third kappa shape index (κ3) is 2.79. The van der Waals surface area contributed by atoms with Crippen molar-refractivity contribution in [3.05, 3.63) is 53.6 Å². The minimum Gasteiger partial charge on any atom is -0.298 e. The Morgan fingerprint density at radius 3 is 3.06 bits per heavy atom. The van der Waals surface area contributed by atoms with Gasteiger partial charge in [-0.05, 0) is 24.3 Å². The molecule has 0 saturated carbocycles. The van der Waals surface area contributed by atoms with Crippen LogP contribution < -0.4 is 0 Å². The summed E-state index contributed by atoms with van der Waals surface area (Å²) in [5.74, 6) is 5.21. The number of hydrogen-bond donors (Lipinski definition) is 0. The standard InChI is InChI=1S/C13H9FN2O/c14-13-5-4-11(9-12(13)10-17)3-1-7-16-8-2-6-15-16/h2,4-6,8-10H,7H2. The van der Waals surface area contributed by atoms with Crippen molar-refractivity contribution in [1.29, 1.82) is 0 Å². The van der Waals surface area contributed by atoms with Crippen LogP contribution in [0.1, 0.15) is 15.9 Å². The van der Waals surface area contributed by atoms with Crippen molar-refractivity contribution in [1.82, 2.24) is 9.78 Å². The minimum absolute atomic E-state index is 0.0240. The van der Waals surface area contributed by atoms with E-state index in [0.29, 0.717) is 18.4 Å². The number of rotatable bonds is 2. The summed E-state index contributed by atoms with van der Waals surface area (Å²) in [5, 5.41) is 3.99. The van der Waals surface area contributed by atoms with Gasteiger partial charge < -0.3 is 0 Å². The molecule has 0 aliphatic carbocycles. The Bertz CT molecular complexity index is 579. The lowest BCUT2D eigenvalue weighted by molar-refractivity contribution is 0.112. The molecular weight excluding hydrogens is 219 g/mol. The van der Waals surface area contributed by atoms with Crippen LogP contribution in [0.2, 0.25) is 0 Å². The van der Waals surface area contributed by atoms with Crippen molar-refractivity contribution in [3.63, 3.8) is 0 Å². The molecule has 0 aliphatic heterocycles. The molecule has 17 heavy (non-hydrogen) atoms. The van der Waals surface area contributed by atoms with Gasteiger partial charge in [0.1, 0.15) is 12.4 Å². The molecule has 1 aromatic carbocycles. The number of halogens is 1. The van der Waals surface area contributed by atoms with E-state index in [4.69, 9.17) is 0 Å². The lowest BCUT2D eigenvalue weighted by atomic mass is 10.1. The Morgan fingerprint density at radius 1 is 1.47 bits per heavy atom. The van der Waals surface area contributed by atoms with Crippen molar-refractivity contribution in [3.8, 4) is 11.8 Å². The lowest BCUT2D eigenvalue weighted by Crippen LogP contribution is -1.95. The second-order valence-electron chi connectivity index (χ2n) is 3.36. The first kappa shape index (κ1) is 11.1. The highest BCUT2D eigenvalue weighted by Gasteiger charge is 2.00. The molecule has 0 bridgehead atoms. The van der Waals surface area contributed by atoms with Gasteiger partial charge in [-0.1, -0.05) is 11.8 Å². The van der Waals surface area contributed by atoms with Crippen LogP contribution >= 0.6 is 0 Å². The van der Waals surface area contributed by atoms with E-state index in [1.807, 2.05) is 6.07 Å². The zero-order chi connectivity index (χ0) is 12.1. The maximum atomic E-state index is 13.0. The minimum atomic E-state index is -0.530. The van der Waals surface area contributed by atoms with Gasteiger partial charge >= 0.3 is 0 Å². The summed E-state index contributed by atoms with van der Waals surface area (Å²) in [5.41, 5.74) is 0.636. The van der Waals surface area contributed by atoms with Crippen LogP contribution in [0.15, 0.2) is 36.7 Å². The first-order chi connectivity index (χ1) is 8.29. The Balaban J connectivity index is 2.13. The molecule has 0 amide bonds. The van der Waals surface area contributed by atoms with E-state index >= 15 is 0 Å². The van der Waals surface area contributed by atoms with Gasteiger partial charge in [-0.25, -0.2) is 4.39 Å². The molecule has 2 rings (SSSR count). The number of hydrogen-bond acceptors (Lipinski definition) is 2. The van der Waals surface area contributed by atoms with E-state index in [1.54, 1.807) is 23.1 Å². The van der Waals surface area contributed by atoms with Crippen molar-refractivity contribution in [2.24, 2.45) is 0 Å². The van der Waals surface area contributed by atoms with Crippen LogP contribution in [-0.4, -0.2) is 16.1 Å². The van der Waals surface area contributed by atoms with E-state index in [1.165, 1.54) is 12.1 Å². The molecule has 3 nitrogen and oxygen atoms in total. The number of aldehydes is 1.